The first-order chi connectivity index (χ1) is 14.4. The van der Waals surface area contributed by atoms with Gasteiger partial charge in [0.15, 0.2) is 4.80 Å². The first-order valence-corrected chi connectivity index (χ1v) is 10.3. The van der Waals surface area contributed by atoms with Crippen LogP contribution in [0.3, 0.4) is 0 Å². The fourth-order valence-electron chi connectivity index (χ4n) is 3.21. The molecule has 1 heterocycles. The number of ether oxygens (including phenoxy) is 2. The largest absolute Gasteiger partial charge is 0.496 e. The maximum atomic E-state index is 12.7. The Hall–Kier alpha value is -2.97. The molecule has 0 atom stereocenters. The van der Waals surface area contributed by atoms with E-state index in [1.54, 1.807) is 14.2 Å². The molecule has 1 N–H and O–H groups in total. The van der Waals surface area contributed by atoms with Crippen LogP contribution in [0.1, 0.15) is 18.1 Å². The molecule has 158 valence electrons. The number of aryl methyl sites for hydroxylation is 1. The average molecular weight is 428 g/mol. The van der Waals surface area contributed by atoms with Gasteiger partial charge in [0.2, 0.25) is 5.91 Å². The number of methoxy groups -OCH3 is 2. The zero-order chi connectivity index (χ0) is 21.7. The summed E-state index contributed by atoms with van der Waals surface area (Å²) in [5.41, 5.74) is 3.52. The van der Waals surface area contributed by atoms with Crippen LogP contribution >= 0.6 is 11.3 Å². The smallest absolute Gasteiger partial charge is 0.252 e. The summed E-state index contributed by atoms with van der Waals surface area (Å²) in [6.07, 6.45) is 0.209. The van der Waals surface area contributed by atoms with Crippen LogP contribution in [0.5, 0.6) is 5.75 Å². The van der Waals surface area contributed by atoms with Gasteiger partial charge in [0.05, 0.1) is 30.4 Å². The number of carbonyl (C=O) groups is 2. The molecule has 0 aliphatic carbocycles. The number of fused-ring (bicyclic) bond motifs is 1. The molecule has 0 aliphatic rings. The molecule has 0 spiro atoms. The molecule has 0 fully saturated rings. The highest BCUT2D eigenvalue weighted by Crippen LogP contribution is 2.22. The van der Waals surface area contributed by atoms with E-state index in [0.717, 1.165) is 27.1 Å². The minimum absolute atomic E-state index is 0.131. The third-order valence-electron chi connectivity index (χ3n) is 4.56. The molecule has 2 amide bonds. The van der Waals surface area contributed by atoms with Gasteiger partial charge in [-0.2, -0.15) is 4.99 Å². The van der Waals surface area contributed by atoms with Crippen molar-refractivity contribution in [2.45, 2.75) is 26.8 Å². The molecule has 3 rings (SSSR count). The van der Waals surface area contributed by atoms with Crippen LogP contribution < -0.4 is 14.9 Å². The predicted octanol–water partition coefficient (Wildman–Crippen LogP) is 3.29. The Morgan fingerprint density at radius 2 is 1.97 bits per heavy atom. The second-order valence-corrected chi connectivity index (χ2v) is 7.89. The average Bonchev–Trinajstić information content (AvgIpc) is 3.01. The Bertz CT molecular complexity index is 1150. The van der Waals surface area contributed by atoms with E-state index < -0.39 is 0 Å². The number of hydrogen-bond acceptors (Lipinski definition) is 5. The number of rotatable bonds is 7. The molecule has 8 heteroatoms. The summed E-state index contributed by atoms with van der Waals surface area (Å²) in [4.78, 5) is 29.0. The molecule has 2 aromatic carbocycles. The number of aromatic nitrogens is 1. The fourth-order valence-corrected chi connectivity index (χ4v) is 4.32. The normalized spacial score (nSPS) is 11.7. The van der Waals surface area contributed by atoms with Crippen molar-refractivity contribution in [3.63, 3.8) is 0 Å². The number of thiazole rings is 1. The highest BCUT2D eigenvalue weighted by molar-refractivity contribution is 7.16. The zero-order valence-corrected chi connectivity index (χ0v) is 18.3. The van der Waals surface area contributed by atoms with Crippen molar-refractivity contribution in [1.82, 2.24) is 4.57 Å². The van der Waals surface area contributed by atoms with Crippen molar-refractivity contribution in [3.8, 4) is 5.75 Å². The highest BCUT2D eigenvalue weighted by Gasteiger charge is 2.10. The predicted molar refractivity (Wildman–Crippen MR) is 118 cm³/mol. The molecule has 0 unspecified atom stereocenters. The summed E-state index contributed by atoms with van der Waals surface area (Å²) in [5.74, 6) is 0.437. The Morgan fingerprint density at radius 1 is 1.17 bits per heavy atom. The first kappa shape index (κ1) is 21.7. The van der Waals surface area contributed by atoms with Crippen molar-refractivity contribution in [3.05, 3.63) is 52.3 Å². The molecule has 0 radical (unpaired) electrons. The van der Waals surface area contributed by atoms with E-state index in [0.29, 0.717) is 23.6 Å². The van der Waals surface area contributed by atoms with E-state index in [9.17, 15) is 9.59 Å². The van der Waals surface area contributed by atoms with Gasteiger partial charge in [-0.15, -0.1) is 0 Å². The third-order valence-corrected chi connectivity index (χ3v) is 5.60. The number of hydrogen-bond donors (Lipinski definition) is 1. The maximum absolute atomic E-state index is 12.7. The van der Waals surface area contributed by atoms with Crippen LogP contribution in [0.2, 0.25) is 0 Å². The van der Waals surface area contributed by atoms with E-state index in [4.69, 9.17) is 9.47 Å². The van der Waals surface area contributed by atoms with Gasteiger partial charge >= 0.3 is 0 Å². The van der Waals surface area contributed by atoms with Crippen LogP contribution in [0, 0.1) is 6.92 Å². The lowest BCUT2D eigenvalue weighted by molar-refractivity contribution is -0.117. The molecule has 0 aliphatic heterocycles. The van der Waals surface area contributed by atoms with Crippen LogP contribution in [-0.4, -0.2) is 37.2 Å². The molecular formula is C22H25N3O4S. The minimum Gasteiger partial charge on any atom is -0.496 e. The van der Waals surface area contributed by atoms with Gasteiger partial charge in [0, 0.05) is 26.3 Å². The van der Waals surface area contributed by atoms with E-state index in [1.807, 2.05) is 47.9 Å². The Kier molecular flexibility index (Phi) is 7.02. The monoisotopic (exact) mass is 427 g/mol. The number of anilines is 1. The molecule has 7 nitrogen and oxygen atoms in total. The van der Waals surface area contributed by atoms with Gasteiger partial charge in [0.1, 0.15) is 5.75 Å². The van der Waals surface area contributed by atoms with Crippen LogP contribution in [-0.2, 0) is 27.3 Å². The molecule has 0 saturated carbocycles. The van der Waals surface area contributed by atoms with Gasteiger partial charge in [-0.05, 0) is 42.3 Å². The Morgan fingerprint density at radius 3 is 2.63 bits per heavy atom. The molecule has 30 heavy (non-hydrogen) atoms. The Labute approximate surface area is 179 Å². The molecular weight excluding hydrogens is 402 g/mol. The second-order valence-electron chi connectivity index (χ2n) is 6.88. The summed E-state index contributed by atoms with van der Waals surface area (Å²) in [6, 6.07) is 11.3. The van der Waals surface area contributed by atoms with E-state index in [1.165, 1.54) is 18.3 Å². The van der Waals surface area contributed by atoms with Gasteiger partial charge in [-0.25, -0.2) is 0 Å². The SMILES string of the molecule is COCCn1c(=NC(=O)Cc2ccc(OC)c(C)c2)sc2cc(NC(C)=O)ccc21. The standard InChI is InChI=1S/C22H25N3O4S/c1-14-11-16(5-8-19(14)29-4)12-21(27)24-22-25(9-10-28-3)18-7-6-17(23-15(2)26)13-20(18)30-22/h5-8,11,13H,9-10,12H2,1-4H3,(H,23,26). The second kappa shape index (κ2) is 9.69. The lowest BCUT2D eigenvalue weighted by Gasteiger charge is -2.06. The summed E-state index contributed by atoms with van der Waals surface area (Å²) in [5, 5.41) is 2.78. The number of benzene rings is 2. The van der Waals surface area contributed by atoms with Crippen molar-refractivity contribution in [2.75, 3.05) is 26.1 Å². The minimum atomic E-state index is -0.223. The van der Waals surface area contributed by atoms with E-state index in [-0.39, 0.29) is 18.2 Å². The Balaban J connectivity index is 1.95. The summed E-state index contributed by atoms with van der Waals surface area (Å²) < 4.78 is 13.4. The lowest BCUT2D eigenvalue weighted by atomic mass is 10.1. The zero-order valence-electron chi connectivity index (χ0n) is 17.5. The van der Waals surface area contributed by atoms with E-state index in [2.05, 4.69) is 10.3 Å². The quantitative estimate of drug-likeness (QED) is 0.627. The summed E-state index contributed by atoms with van der Waals surface area (Å²) >= 11 is 1.41. The van der Waals surface area contributed by atoms with Crippen LogP contribution in [0.15, 0.2) is 41.4 Å². The lowest BCUT2D eigenvalue weighted by Crippen LogP contribution is -2.19. The van der Waals surface area contributed by atoms with E-state index >= 15 is 0 Å². The van der Waals surface area contributed by atoms with Crippen LogP contribution in [0.25, 0.3) is 10.2 Å². The molecule has 0 saturated heterocycles. The highest BCUT2D eigenvalue weighted by atomic mass is 32.1. The van der Waals surface area contributed by atoms with Crippen LogP contribution in [0.4, 0.5) is 5.69 Å². The maximum Gasteiger partial charge on any atom is 0.252 e. The molecule has 1 aromatic heterocycles. The topological polar surface area (TPSA) is 81.9 Å². The molecule has 0 bridgehead atoms. The molecule has 3 aromatic rings. The van der Waals surface area contributed by atoms with Gasteiger partial charge in [-0.3, -0.25) is 9.59 Å². The summed E-state index contributed by atoms with van der Waals surface area (Å²) in [6.45, 7) is 4.49. The summed E-state index contributed by atoms with van der Waals surface area (Å²) in [7, 11) is 3.26. The number of nitrogens with zero attached hydrogens (tertiary/aromatic N) is 2. The number of carbonyl (C=O) groups excluding carboxylic acids is 2. The van der Waals surface area contributed by atoms with Gasteiger partial charge in [-0.1, -0.05) is 23.5 Å². The first-order valence-electron chi connectivity index (χ1n) is 9.52. The van der Waals surface area contributed by atoms with Crippen molar-refractivity contribution >= 4 is 39.1 Å². The third kappa shape index (κ3) is 5.14. The fraction of sp³-hybridized carbons (Fsp3) is 0.318. The van der Waals surface area contributed by atoms with Gasteiger partial charge < -0.3 is 19.4 Å². The van der Waals surface area contributed by atoms with Crippen molar-refractivity contribution < 1.29 is 19.1 Å². The van der Waals surface area contributed by atoms with Gasteiger partial charge in [0.25, 0.3) is 5.91 Å². The number of amides is 2. The van der Waals surface area contributed by atoms with Crippen molar-refractivity contribution in [1.29, 1.82) is 0 Å². The number of nitrogens with one attached hydrogen (secondary N) is 1. The van der Waals surface area contributed by atoms with Crippen molar-refractivity contribution in [2.24, 2.45) is 4.99 Å².